The van der Waals surface area contributed by atoms with Gasteiger partial charge in [0.2, 0.25) is 16.0 Å². The summed E-state index contributed by atoms with van der Waals surface area (Å²) in [6.07, 6.45) is 5.64. The first-order valence-corrected chi connectivity index (χ1v) is 13.7. The Balaban J connectivity index is 1.84. The number of aromatic nitrogens is 6. The minimum atomic E-state index is -4.12. The highest BCUT2D eigenvalue weighted by atomic mass is 32.2. The number of hydrogen-bond donors (Lipinski definition) is 1. The van der Waals surface area contributed by atoms with E-state index >= 15 is 0 Å². The van der Waals surface area contributed by atoms with E-state index in [4.69, 9.17) is 14.2 Å². The standard InChI is InChI=1S/C26H31N7O5S/c1-7-38-23(24-28-13-17(3)14-29-24)18(4)39(34,35)32-26-31-30-25(19-11-16(2)12-27-15-19)33(26)22-20(36-5)9-8-10-21(22)37-6/h8-15,18,23H,7H2,1-6H3,(H,31,32)/t18-,23-/m0/s1. The molecule has 0 radical (unpaired) electrons. The van der Waals surface area contributed by atoms with E-state index in [0.717, 1.165) is 11.1 Å². The maximum atomic E-state index is 13.7. The third-order valence-electron chi connectivity index (χ3n) is 5.97. The average molecular weight is 554 g/mol. The van der Waals surface area contributed by atoms with Gasteiger partial charge in [-0.3, -0.25) is 14.3 Å². The topological polar surface area (TPSA) is 143 Å². The van der Waals surface area contributed by atoms with E-state index in [9.17, 15) is 8.42 Å². The maximum absolute atomic E-state index is 13.7. The van der Waals surface area contributed by atoms with Crippen LogP contribution < -0.4 is 14.2 Å². The van der Waals surface area contributed by atoms with E-state index in [1.165, 1.54) is 25.7 Å². The summed E-state index contributed by atoms with van der Waals surface area (Å²) in [5, 5.41) is 7.46. The molecular weight excluding hydrogens is 522 g/mol. The molecule has 4 aromatic rings. The first kappa shape index (κ1) is 27.9. The summed E-state index contributed by atoms with van der Waals surface area (Å²) >= 11 is 0. The van der Waals surface area contributed by atoms with Crippen molar-refractivity contribution < 1.29 is 22.6 Å². The van der Waals surface area contributed by atoms with E-state index in [1.54, 1.807) is 49.9 Å². The predicted molar refractivity (Wildman–Crippen MR) is 146 cm³/mol. The molecule has 2 atom stereocenters. The molecule has 0 bridgehead atoms. The maximum Gasteiger partial charge on any atom is 0.243 e. The van der Waals surface area contributed by atoms with Gasteiger partial charge in [0.25, 0.3) is 0 Å². The Labute approximate surface area is 227 Å². The van der Waals surface area contributed by atoms with Gasteiger partial charge in [0.15, 0.2) is 11.6 Å². The van der Waals surface area contributed by atoms with Gasteiger partial charge in [-0.15, -0.1) is 10.2 Å². The number of sulfonamides is 1. The van der Waals surface area contributed by atoms with Crippen molar-refractivity contribution in [2.45, 2.75) is 39.0 Å². The molecular formula is C26H31N7O5S. The van der Waals surface area contributed by atoms with Crippen LogP contribution in [0.5, 0.6) is 11.5 Å². The van der Waals surface area contributed by atoms with Crippen LogP contribution in [-0.2, 0) is 14.8 Å². The molecule has 0 saturated heterocycles. The number of nitrogens with one attached hydrogen (secondary N) is 1. The molecule has 0 aliphatic rings. The van der Waals surface area contributed by atoms with Gasteiger partial charge >= 0.3 is 0 Å². The van der Waals surface area contributed by atoms with Crippen molar-refractivity contribution in [1.29, 1.82) is 0 Å². The molecule has 0 aliphatic heterocycles. The van der Waals surface area contributed by atoms with Gasteiger partial charge < -0.3 is 14.2 Å². The van der Waals surface area contributed by atoms with Crippen LogP contribution in [0.1, 0.15) is 36.9 Å². The fourth-order valence-corrected chi connectivity index (χ4v) is 5.11. The van der Waals surface area contributed by atoms with Crippen LogP contribution in [0.4, 0.5) is 5.95 Å². The van der Waals surface area contributed by atoms with Crippen molar-refractivity contribution in [3.05, 3.63) is 66.0 Å². The van der Waals surface area contributed by atoms with Crippen LogP contribution in [0.15, 0.2) is 49.1 Å². The minimum absolute atomic E-state index is 0.0683. The number of anilines is 1. The molecule has 12 nitrogen and oxygen atoms in total. The van der Waals surface area contributed by atoms with Gasteiger partial charge in [-0.1, -0.05) is 6.07 Å². The predicted octanol–water partition coefficient (Wildman–Crippen LogP) is 3.66. The van der Waals surface area contributed by atoms with E-state index in [-0.39, 0.29) is 18.4 Å². The second kappa shape index (κ2) is 11.7. The molecule has 0 fully saturated rings. The molecule has 206 valence electrons. The fourth-order valence-electron chi connectivity index (χ4n) is 4.01. The highest BCUT2D eigenvalue weighted by Gasteiger charge is 2.35. The van der Waals surface area contributed by atoms with E-state index < -0.39 is 21.4 Å². The molecule has 1 N–H and O–H groups in total. The number of methoxy groups -OCH3 is 2. The summed E-state index contributed by atoms with van der Waals surface area (Å²) < 4.78 is 48.7. The first-order chi connectivity index (χ1) is 18.7. The molecule has 3 heterocycles. The zero-order valence-electron chi connectivity index (χ0n) is 22.6. The number of ether oxygens (including phenoxy) is 3. The zero-order valence-corrected chi connectivity index (χ0v) is 23.4. The monoisotopic (exact) mass is 553 g/mol. The number of hydrogen-bond acceptors (Lipinski definition) is 10. The molecule has 3 aromatic heterocycles. The summed E-state index contributed by atoms with van der Waals surface area (Å²) in [6, 6.07) is 7.10. The van der Waals surface area contributed by atoms with Crippen molar-refractivity contribution in [3.63, 3.8) is 0 Å². The summed E-state index contributed by atoms with van der Waals surface area (Å²) in [7, 11) is -1.09. The number of aryl methyl sites for hydroxylation is 2. The van der Waals surface area contributed by atoms with Crippen LogP contribution in [-0.4, -0.2) is 64.2 Å². The largest absolute Gasteiger partial charge is 0.494 e. The molecule has 0 saturated carbocycles. The second-order valence-electron chi connectivity index (χ2n) is 8.79. The minimum Gasteiger partial charge on any atom is -0.494 e. The molecule has 0 spiro atoms. The van der Waals surface area contributed by atoms with Crippen molar-refractivity contribution in [3.8, 4) is 28.6 Å². The highest BCUT2D eigenvalue weighted by Crippen LogP contribution is 2.38. The first-order valence-electron chi connectivity index (χ1n) is 12.2. The average Bonchev–Trinajstić information content (AvgIpc) is 3.33. The Morgan fingerprint density at radius 3 is 2.23 bits per heavy atom. The van der Waals surface area contributed by atoms with Crippen molar-refractivity contribution in [2.24, 2.45) is 0 Å². The van der Waals surface area contributed by atoms with E-state index in [1.807, 2.05) is 19.9 Å². The van der Waals surface area contributed by atoms with Gasteiger partial charge in [-0.2, -0.15) is 0 Å². The Morgan fingerprint density at radius 1 is 0.974 bits per heavy atom. The van der Waals surface area contributed by atoms with Crippen LogP contribution in [0.25, 0.3) is 17.1 Å². The third kappa shape index (κ3) is 5.83. The fraction of sp³-hybridized carbons (Fsp3) is 0.346. The lowest BCUT2D eigenvalue weighted by atomic mass is 10.2. The van der Waals surface area contributed by atoms with Crippen LogP contribution >= 0.6 is 0 Å². The number of benzene rings is 1. The number of para-hydroxylation sites is 1. The lowest BCUT2D eigenvalue weighted by Gasteiger charge is -2.23. The normalized spacial score (nSPS) is 13.1. The van der Waals surface area contributed by atoms with E-state index in [2.05, 4.69) is 29.9 Å². The summed E-state index contributed by atoms with van der Waals surface area (Å²) in [5.74, 6) is 1.37. The molecule has 1 aromatic carbocycles. The zero-order chi connectivity index (χ0) is 28.2. The summed E-state index contributed by atoms with van der Waals surface area (Å²) in [6.45, 7) is 7.32. The smallest absolute Gasteiger partial charge is 0.243 e. The molecule has 39 heavy (non-hydrogen) atoms. The number of pyridine rings is 1. The summed E-state index contributed by atoms with van der Waals surface area (Å²) in [4.78, 5) is 12.9. The van der Waals surface area contributed by atoms with Gasteiger partial charge in [0.1, 0.15) is 28.5 Å². The quantitative estimate of drug-likeness (QED) is 0.292. The lowest BCUT2D eigenvalue weighted by molar-refractivity contribution is 0.0557. The van der Waals surface area contributed by atoms with Gasteiger partial charge in [-0.25, -0.2) is 18.4 Å². The van der Waals surface area contributed by atoms with Crippen molar-refractivity contribution in [1.82, 2.24) is 29.7 Å². The van der Waals surface area contributed by atoms with Crippen LogP contribution in [0.3, 0.4) is 0 Å². The Morgan fingerprint density at radius 2 is 1.64 bits per heavy atom. The van der Waals surface area contributed by atoms with Gasteiger partial charge in [0.05, 0.1) is 14.2 Å². The lowest BCUT2D eigenvalue weighted by Crippen LogP contribution is -2.34. The SMILES string of the molecule is CCO[C@H](c1ncc(C)cn1)[C@H](C)S(=O)(=O)Nc1nnc(-c2cncc(C)c2)n1-c1c(OC)cccc1OC. The van der Waals surface area contributed by atoms with Crippen molar-refractivity contribution >= 4 is 16.0 Å². The molecule has 0 aliphatic carbocycles. The Bertz CT molecular complexity index is 1520. The Hall–Kier alpha value is -4.10. The van der Waals surface area contributed by atoms with Crippen molar-refractivity contribution in [2.75, 3.05) is 25.5 Å². The number of nitrogens with zero attached hydrogens (tertiary/aromatic N) is 6. The highest BCUT2D eigenvalue weighted by molar-refractivity contribution is 7.93. The molecule has 4 rings (SSSR count). The number of rotatable bonds is 11. The van der Waals surface area contributed by atoms with Gasteiger partial charge in [0, 0.05) is 37.0 Å². The summed E-state index contributed by atoms with van der Waals surface area (Å²) in [5.41, 5.74) is 2.77. The van der Waals surface area contributed by atoms with Crippen LogP contribution in [0, 0.1) is 13.8 Å². The van der Waals surface area contributed by atoms with Gasteiger partial charge in [-0.05, 0) is 57.0 Å². The van der Waals surface area contributed by atoms with E-state index in [0.29, 0.717) is 28.6 Å². The second-order valence-corrected chi connectivity index (χ2v) is 10.8. The molecule has 0 amide bonds. The van der Waals surface area contributed by atoms with Crippen LogP contribution in [0.2, 0.25) is 0 Å². The third-order valence-corrected chi connectivity index (χ3v) is 7.67. The molecule has 13 heteroatoms. The Kier molecular flexibility index (Phi) is 8.41. The molecule has 0 unspecified atom stereocenters.